The van der Waals surface area contributed by atoms with E-state index in [4.69, 9.17) is 17.0 Å². The van der Waals surface area contributed by atoms with E-state index >= 15 is 0 Å². The molecule has 5 nitrogen and oxygen atoms in total. The van der Waals surface area contributed by atoms with Gasteiger partial charge >= 0.3 is 5.97 Å². The highest BCUT2D eigenvalue weighted by atomic mass is 32.1. The van der Waals surface area contributed by atoms with E-state index in [2.05, 4.69) is 10.6 Å². The average molecular weight is 378 g/mol. The maximum atomic E-state index is 12.1. The number of aryl methyl sites for hydroxylation is 1. The first kappa shape index (κ1) is 19.2. The van der Waals surface area contributed by atoms with Crippen LogP contribution in [0.2, 0.25) is 0 Å². The van der Waals surface area contributed by atoms with E-state index in [1.165, 1.54) is 18.4 Å². The number of carbonyl (C=O) groups excluding carboxylic acids is 1. The van der Waals surface area contributed by atoms with Crippen molar-refractivity contribution in [2.75, 3.05) is 36.7 Å². The van der Waals surface area contributed by atoms with Gasteiger partial charge in [0.1, 0.15) is 5.00 Å². The van der Waals surface area contributed by atoms with Crippen molar-refractivity contribution in [1.29, 1.82) is 0 Å². The summed E-state index contributed by atoms with van der Waals surface area (Å²) in [6.07, 6.45) is 0.765. The van der Waals surface area contributed by atoms with Gasteiger partial charge in [-0.25, -0.2) is 4.79 Å². The standard InChI is InChI=1S/C18H23N3O2S2/c1-6-14-11(2)25-16(15(14)17(22)23-5)20-18(24)19-12-7-9-13(10-8-12)21(3)4/h7-10H,6H2,1-5H3,(H2,19,20,24). The van der Waals surface area contributed by atoms with Gasteiger partial charge in [0, 0.05) is 30.3 Å². The summed E-state index contributed by atoms with van der Waals surface area (Å²) in [4.78, 5) is 15.3. The second kappa shape index (κ2) is 8.31. The Kier molecular flexibility index (Phi) is 6.39. The molecule has 134 valence electrons. The molecule has 0 saturated carbocycles. The normalized spacial score (nSPS) is 10.3. The second-order valence-corrected chi connectivity index (χ2v) is 7.34. The summed E-state index contributed by atoms with van der Waals surface area (Å²) in [7, 11) is 5.38. The molecule has 0 bridgehead atoms. The van der Waals surface area contributed by atoms with Gasteiger partial charge in [-0.2, -0.15) is 0 Å². The summed E-state index contributed by atoms with van der Waals surface area (Å²) >= 11 is 6.90. The van der Waals surface area contributed by atoms with Crippen LogP contribution in [0, 0.1) is 6.92 Å². The van der Waals surface area contributed by atoms with E-state index in [9.17, 15) is 4.79 Å². The molecule has 0 amide bonds. The monoisotopic (exact) mass is 377 g/mol. The fourth-order valence-electron chi connectivity index (χ4n) is 2.52. The minimum Gasteiger partial charge on any atom is -0.465 e. The Hall–Kier alpha value is -2.12. The van der Waals surface area contributed by atoms with E-state index in [-0.39, 0.29) is 5.97 Å². The van der Waals surface area contributed by atoms with Gasteiger partial charge in [-0.15, -0.1) is 11.3 Å². The lowest BCUT2D eigenvalue weighted by atomic mass is 10.1. The number of thiophene rings is 1. The second-order valence-electron chi connectivity index (χ2n) is 5.71. The molecule has 0 aliphatic rings. The summed E-state index contributed by atoms with van der Waals surface area (Å²) in [5, 5.41) is 7.43. The SMILES string of the molecule is CCc1c(C)sc(NC(=S)Nc2ccc(N(C)C)cc2)c1C(=O)OC. The summed E-state index contributed by atoms with van der Waals surface area (Å²) in [6.45, 7) is 4.02. The Balaban J connectivity index is 2.16. The highest BCUT2D eigenvalue weighted by molar-refractivity contribution is 7.80. The van der Waals surface area contributed by atoms with Crippen LogP contribution in [0.3, 0.4) is 0 Å². The molecule has 1 aromatic carbocycles. The number of anilines is 3. The topological polar surface area (TPSA) is 53.6 Å². The van der Waals surface area contributed by atoms with Crippen molar-refractivity contribution >= 4 is 51.0 Å². The molecule has 0 saturated heterocycles. The summed E-state index contributed by atoms with van der Waals surface area (Å²) in [6, 6.07) is 7.94. The zero-order valence-electron chi connectivity index (χ0n) is 15.1. The van der Waals surface area contributed by atoms with E-state index in [0.29, 0.717) is 15.7 Å². The third-order valence-corrected chi connectivity index (χ3v) is 5.09. The van der Waals surface area contributed by atoms with E-state index in [0.717, 1.165) is 28.2 Å². The smallest absolute Gasteiger partial charge is 0.341 e. The molecule has 1 heterocycles. The first-order valence-electron chi connectivity index (χ1n) is 7.93. The number of carbonyl (C=O) groups is 1. The van der Waals surface area contributed by atoms with Crippen molar-refractivity contribution in [1.82, 2.24) is 0 Å². The largest absolute Gasteiger partial charge is 0.465 e. The summed E-state index contributed by atoms with van der Waals surface area (Å²) in [5.41, 5.74) is 3.56. The summed E-state index contributed by atoms with van der Waals surface area (Å²) in [5.74, 6) is -0.346. The van der Waals surface area contributed by atoms with Gasteiger partial charge < -0.3 is 20.3 Å². The van der Waals surface area contributed by atoms with Crippen LogP contribution in [0.25, 0.3) is 0 Å². The molecule has 0 fully saturated rings. The first-order chi connectivity index (χ1) is 11.9. The maximum absolute atomic E-state index is 12.1. The van der Waals surface area contributed by atoms with Gasteiger partial charge in [-0.05, 0) is 55.4 Å². The lowest BCUT2D eigenvalue weighted by Crippen LogP contribution is -2.20. The average Bonchev–Trinajstić information content (AvgIpc) is 2.89. The highest BCUT2D eigenvalue weighted by Crippen LogP contribution is 2.34. The van der Waals surface area contributed by atoms with Gasteiger partial charge in [0.15, 0.2) is 5.11 Å². The number of benzene rings is 1. The zero-order chi connectivity index (χ0) is 18.6. The van der Waals surface area contributed by atoms with Crippen LogP contribution < -0.4 is 15.5 Å². The van der Waals surface area contributed by atoms with Crippen molar-refractivity contribution in [2.45, 2.75) is 20.3 Å². The van der Waals surface area contributed by atoms with E-state index in [1.807, 2.05) is 57.1 Å². The van der Waals surface area contributed by atoms with E-state index < -0.39 is 0 Å². The highest BCUT2D eigenvalue weighted by Gasteiger charge is 2.22. The number of hydrogen-bond acceptors (Lipinski definition) is 5. The van der Waals surface area contributed by atoms with Crippen molar-refractivity contribution in [2.24, 2.45) is 0 Å². The fourth-order valence-corrected chi connectivity index (χ4v) is 3.94. The Morgan fingerprint density at radius 3 is 2.40 bits per heavy atom. The number of ether oxygens (including phenoxy) is 1. The maximum Gasteiger partial charge on any atom is 0.341 e. The van der Waals surface area contributed by atoms with E-state index in [1.54, 1.807) is 0 Å². The molecule has 2 aromatic rings. The predicted molar refractivity (Wildman–Crippen MR) is 110 cm³/mol. The molecule has 0 aliphatic heterocycles. The molecule has 2 N–H and O–H groups in total. The van der Waals surface area contributed by atoms with Gasteiger partial charge in [-0.1, -0.05) is 6.92 Å². The fraction of sp³-hybridized carbons (Fsp3) is 0.333. The lowest BCUT2D eigenvalue weighted by molar-refractivity contribution is 0.0601. The molecule has 0 aliphatic carbocycles. The molecule has 1 aromatic heterocycles. The number of nitrogens with one attached hydrogen (secondary N) is 2. The Bertz CT molecular complexity index is 767. The molecule has 2 rings (SSSR count). The van der Waals surface area contributed by atoms with Gasteiger partial charge in [0.25, 0.3) is 0 Å². The first-order valence-corrected chi connectivity index (χ1v) is 9.15. The third kappa shape index (κ3) is 4.49. The molecule has 25 heavy (non-hydrogen) atoms. The Labute approximate surface area is 158 Å². The number of rotatable bonds is 5. The lowest BCUT2D eigenvalue weighted by Gasteiger charge is -2.14. The van der Waals surface area contributed by atoms with Crippen LogP contribution in [0.1, 0.15) is 27.7 Å². The molecule has 0 spiro atoms. The van der Waals surface area contributed by atoms with Gasteiger partial charge in [0.2, 0.25) is 0 Å². The molecule has 7 heteroatoms. The van der Waals surface area contributed by atoms with Crippen LogP contribution >= 0.6 is 23.6 Å². The molecule has 0 atom stereocenters. The molecular weight excluding hydrogens is 354 g/mol. The third-order valence-electron chi connectivity index (χ3n) is 3.82. The molecule has 0 radical (unpaired) electrons. The van der Waals surface area contributed by atoms with Crippen LogP contribution in [0.15, 0.2) is 24.3 Å². The van der Waals surface area contributed by atoms with Gasteiger partial charge in [-0.3, -0.25) is 0 Å². The number of methoxy groups -OCH3 is 1. The van der Waals surface area contributed by atoms with Crippen molar-refractivity contribution in [3.63, 3.8) is 0 Å². The summed E-state index contributed by atoms with van der Waals surface area (Å²) < 4.78 is 4.93. The van der Waals surface area contributed by atoms with Crippen LogP contribution in [0.4, 0.5) is 16.4 Å². The predicted octanol–water partition coefficient (Wildman–Crippen LogP) is 4.28. The van der Waals surface area contributed by atoms with Crippen molar-refractivity contribution in [3.05, 3.63) is 40.3 Å². The quantitative estimate of drug-likeness (QED) is 0.599. The number of thiocarbonyl (C=S) groups is 1. The Morgan fingerprint density at radius 2 is 1.88 bits per heavy atom. The Morgan fingerprint density at radius 1 is 1.24 bits per heavy atom. The van der Waals surface area contributed by atoms with Crippen molar-refractivity contribution < 1.29 is 9.53 Å². The van der Waals surface area contributed by atoms with Gasteiger partial charge in [0.05, 0.1) is 12.7 Å². The minimum absolute atomic E-state index is 0.346. The van der Waals surface area contributed by atoms with Crippen LogP contribution in [0.5, 0.6) is 0 Å². The number of esters is 1. The molecular formula is C18H23N3O2S2. The zero-order valence-corrected chi connectivity index (χ0v) is 16.7. The van der Waals surface area contributed by atoms with Crippen molar-refractivity contribution in [3.8, 4) is 0 Å². The van der Waals surface area contributed by atoms with Crippen LogP contribution in [-0.2, 0) is 11.2 Å². The minimum atomic E-state index is -0.346. The molecule has 0 unspecified atom stereocenters. The van der Waals surface area contributed by atoms with Crippen LogP contribution in [-0.4, -0.2) is 32.3 Å². The number of hydrogen-bond donors (Lipinski definition) is 2. The number of nitrogens with zero attached hydrogens (tertiary/aromatic N) is 1.